The third-order valence-corrected chi connectivity index (χ3v) is 5.33. The van der Waals surface area contributed by atoms with Crippen LogP contribution in [-0.2, 0) is 4.79 Å². The molecule has 7 heteroatoms. The molecule has 0 radical (unpaired) electrons. The zero-order valence-electron chi connectivity index (χ0n) is 14.0. The molecule has 0 saturated heterocycles. The average Bonchev–Trinajstić information content (AvgIpc) is 3.38. The molecule has 5 rings (SSSR count). The van der Waals surface area contributed by atoms with Crippen molar-refractivity contribution in [1.29, 1.82) is 0 Å². The second kappa shape index (κ2) is 5.63. The first-order valence-electron chi connectivity index (χ1n) is 8.76. The van der Waals surface area contributed by atoms with Gasteiger partial charge in [0.1, 0.15) is 12.2 Å². The van der Waals surface area contributed by atoms with Gasteiger partial charge in [0.25, 0.3) is 0 Å². The molecule has 26 heavy (non-hydrogen) atoms. The Hall–Kier alpha value is -3.27. The highest BCUT2D eigenvalue weighted by Gasteiger charge is 2.35. The van der Waals surface area contributed by atoms with Gasteiger partial charge in [-0.2, -0.15) is 5.10 Å². The van der Waals surface area contributed by atoms with Crippen LogP contribution in [0.25, 0.3) is 15.9 Å². The van der Waals surface area contributed by atoms with Crippen LogP contribution in [0.4, 0.5) is 11.4 Å². The Morgan fingerprint density at radius 2 is 2.08 bits per heavy atom. The quantitative estimate of drug-likeness (QED) is 0.721. The predicted molar refractivity (Wildman–Crippen MR) is 96.0 cm³/mol. The Bertz CT molecular complexity index is 1070. The maximum atomic E-state index is 12.7. The molecule has 1 aromatic carbocycles. The summed E-state index contributed by atoms with van der Waals surface area (Å²) in [6.07, 6.45) is 8.13. The highest BCUT2D eigenvalue weighted by molar-refractivity contribution is 6.06. The van der Waals surface area contributed by atoms with Crippen molar-refractivity contribution in [1.82, 2.24) is 19.7 Å². The zero-order valence-corrected chi connectivity index (χ0v) is 14.0. The highest BCUT2D eigenvalue weighted by Crippen LogP contribution is 2.40. The summed E-state index contributed by atoms with van der Waals surface area (Å²) in [5, 5.41) is 8.33. The molecule has 3 heterocycles. The second-order valence-electron chi connectivity index (χ2n) is 6.85. The fourth-order valence-corrected chi connectivity index (χ4v) is 4.05. The second-order valence-corrected chi connectivity index (χ2v) is 6.85. The van der Waals surface area contributed by atoms with Gasteiger partial charge in [0.05, 0.1) is 23.7 Å². The summed E-state index contributed by atoms with van der Waals surface area (Å²) in [5.41, 5.74) is 3.30. The van der Waals surface area contributed by atoms with Crippen molar-refractivity contribution in [2.75, 3.05) is 5.32 Å². The molecule has 0 bridgehead atoms. The van der Waals surface area contributed by atoms with Crippen LogP contribution >= 0.6 is 0 Å². The van der Waals surface area contributed by atoms with Crippen molar-refractivity contribution < 1.29 is 4.79 Å². The molecular formula is C19H16N6O. The summed E-state index contributed by atoms with van der Waals surface area (Å²) in [5.74, 6) is -0.672. The van der Waals surface area contributed by atoms with Crippen LogP contribution in [0.1, 0.15) is 48.9 Å². The minimum Gasteiger partial charge on any atom is -0.325 e. The number of fused-ring (bicyclic) bond motifs is 2. The first kappa shape index (κ1) is 15.0. The van der Waals surface area contributed by atoms with E-state index in [0.717, 1.165) is 29.5 Å². The van der Waals surface area contributed by atoms with Crippen molar-refractivity contribution in [3.63, 3.8) is 0 Å². The number of nitrogens with zero attached hydrogens (tertiary/aromatic N) is 5. The molecule has 1 saturated carbocycles. The lowest BCUT2D eigenvalue weighted by Crippen LogP contribution is -2.14. The lowest BCUT2D eigenvalue weighted by molar-refractivity contribution is -0.116. The van der Waals surface area contributed by atoms with Gasteiger partial charge in [-0.25, -0.2) is 14.8 Å². The smallest absolute Gasteiger partial charge is 0.238 e. The fraction of sp³-hybridized carbons (Fsp3) is 0.316. The maximum Gasteiger partial charge on any atom is 0.238 e. The van der Waals surface area contributed by atoms with E-state index in [0.29, 0.717) is 23.1 Å². The molecule has 3 aromatic rings. The van der Waals surface area contributed by atoms with E-state index in [2.05, 4.69) is 25.2 Å². The molecule has 1 N–H and O–H groups in total. The number of anilines is 1. The number of rotatable bonds is 2. The first-order valence-corrected chi connectivity index (χ1v) is 8.76. The minimum atomic E-state index is -0.543. The van der Waals surface area contributed by atoms with Crippen LogP contribution in [0.5, 0.6) is 0 Å². The van der Waals surface area contributed by atoms with Crippen LogP contribution in [0.3, 0.4) is 0 Å². The summed E-state index contributed by atoms with van der Waals surface area (Å²) < 4.78 is 1.99. The third kappa shape index (κ3) is 2.19. The topological polar surface area (TPSA) is 77.1 Å². The number of carbonyl (C=O) groups excluding carboxylic acids is 1. The number of hydrogen-bond donors (Lipinski definition) is 1. The van der Waals surface area contributed by atoms with Gasteiger partial charge in [-0.3, -0.25) is 9.48 Å². The molecule has 1 atom stereocenters. The van der Waals surface area contributed by atoms with Gasteiger partial charge in [0, 0.05) is 11.9 Å². The van der Waals surface area contributed by atoms with Gasteiger partial charge in [-0.15, -0.1) is 0 Å². The van der Waals surface area contributed by atoms with Gasteiger partial charge in [-0.1, -0.05) is 25.0 Å². The lowest BCUT2D eigenvalue weighted by Gasteiger charge is -2.09. The normalized spacial score (nSPS) is 19.5. The van der Waals surface area contributed by atoms with Crippen LogP contribution < -0.4 is 5.32 Å². The van der Waals surface area contributed by atoms with E-state index in [9.17, 15) is 4.79 Å². The number of amides is 1. The fourth-order valence-electron chi connectivity index (χ4n) is 4.05. The maximum absolute atomic E-state index is 12.7. The lowest BCUT2D eigenvalue weighted by atomic mass is 9.95. The van der Waals surface area contributed by atoms with Crippen molar-refractivity contribution in [2.24, 2.45) is 0 Å². The molecule has 1 unspecified atom stereocenters. The summed E-state index contributed by atoms with van der Waals surface area (Å²) in [6.45, 7) is 7.24. The standard InChI is InChI=1S/C19H16N6O/c1-20-11-6-7-15-13(8-11)16(19(26)23-15)17-14-9-25(12-4-2-3-5-12)24-18(14)22-10-21-17/h6-10,12,16H,2-5H2,(H,23,26). The van der Waals surface area contributed by atoms with Gasteiger partial charge in [0.15, 0.2) is 11.3 Å². The Balaban J connectivity index is 1.66. The van der Waals surface area contributed by atoms with Crippen LogP contribution in [0.2, 0.25) is 0 Å². The van der Waals surface area contributed by atoms with Crippen molar-refractivity contribution in [2.45, 2.75) is 37.6 Å². The van der Waals surface area contributed by atoms with Gasteiger partial charge >= 0.3 is 0 Å². The van der Waals surface area contributed by atoms with Crippen molar-refractivity contribution >= 4 is 28.3 Å². The molecule has 2 aromatic heterocycles. The summed E-state index contributed by atoms with van der Waals surface area (Å²) in [4.78, 5) is 24.9. The molecule has 1 aliphatic heterocycles. The van der Waals surface area contributed by atoms with E-state index in [1.807, 2.05) is 10.9 Å². The number of carbonyl (C=O) groups is 1. The van der Waals surface area contributed by atoms with Gasteiger partial charge in [-0.05, 0) is 24.5 Å². The van der Waals surface area contributed by atoms with Crippen molar-refractivity contribution in [3.8, 4) is 0 Å². The van der Waals surface area contributed by atoms with E-state index >= 15 is 0 Å². The van der Waals surface area contributed by atoms with E-state index in [4.69, 9.17) is 6.57 Å². The zero-order chi connectivity index (χ0) is 17.7. The Morgan fingerprint density at radius 3 is 2.88 bits per heavy atom. The Kier molecular flexibility index (Phi) is 3.25. The molecular weight excluding hydrogens is 328 g/mol. The van der Waals surface area contributed by atoms with E-state index < -0.39 is 5.92 Å². The minimum absolute atomic E-state index is 0.129. The SMILES string of the molecule is [C-]#[N+]c1ccc2c(c1)C(c1ncnc3nn(C4CCCC4)cc13)C(=O)N2. The first-order chi connectivity index (χ1) is 12.7. The number of hydrogen-bond acceptors (Lipinski definition) is 4. The molecule has 1 aliphatic carbocycles. The number of benzene rings is 1. The Morgan fingerprint density at radius 1 is 1.23 bits per heavy atom. The van der Waals surface area contributed by atoms with E-state index in [1.54, 1.807) is 18.2 Å². The average molecular weight is 344 g/mol. The third-order valence-electron chi connectivity index (χ3n) is 5.33. The summed E-state index contributed by atoms with van der Waals surface area (Å²) >= 11 is 0. The van der Waals surface area contributed by atoms with Crippen molar-refractivity contribution in [3.05, 3.63) is 53.4 Å². The molecule has 7 nitrogen and oxygen atoms in total. The van der Waals surface area contributed by atoms with Crippen LogP contribution in [0.15, 0.2) is 30.7 Å². The molecule has 0 spiro atoms. The largest absolute Gasteiger partial charge is 0.325 e. The molecule has 1 amide bonds. The summed E-state index contributed by atoms with van der Waals surface area (Å²) in [7, 11) is 0. The van der Waals surface area contributed by atoms with Crippen LogP contribution in [0, 0.1) is 6.57 Å². The van der Waals surface area contributed by atoms with Gasteiger partial charge < -0.3 is 5.32 Å². The summed E-state index contributed by atoms with van der Waals surface area (Å²) in [6, 6.07) is 5.65. The van der Waals surface area contributed by atoms with Crippen LogP contribution in [-0.4, -0.2) is 25.7 Å². The monoisotopic (exact) mass is 344 g/mol. The number of aromatic nitrogens is 4. The number of nitrogens with one attached hydrogen (secondary N) is 1. The predicted octanol–water partition coefficient (Wildman–Crippen LogP) is 3.58. The highest BCUT2D eigenvalue weighted by atomic mass is 16.2. The Labute approximate surface area is 149 Å². The van der Waals surface area contributed by atoms with Gasteiger partial charge in [0.2, 0.25) is 5.91 Å². The molecule has 1 fully saturated rings. The molecule has 2 aliphatic rings. The molecule has 128 valence electrons. The van der Waals surface area contributed by atoms with E-state index in [-0.39, 0.29) is 5.91 Å². The van der Waals surface area contributed by atoms with E-state index in [1.165, 1.54) is 19.2 Å².